The largest absolute Gasteiger partial charge is 0.497 e. The molecule has 0 saturated carbocycles. The van der Waals surface area contributed by atoms with Crippen LogP contribution in [0.15, 0.2) is 18.2 Å². The summed E-state index contributed by atoms with van der Waals surface area (Å²) in [5.74, 6) is 3.93. The second-order valence-electron chi connectivity index (χ2n) is 4.11. The summed E-state index contributed by atoms with van der Waals surface area (Å²) in [6, 6.07) is 5.37. The van der Waals surface area contributed by atoms with Crippen molar-refractivity contribution < 1.29 is 14.3 Å². The summed E-state index contributed by atoms with van der Waals surface area (Å²) in [4.78, 5) is 13.6. The minimum Gasteiger partial charge on any atom is -0.497 e. The van der Waals surface area contributed by atoms with Crippen LogP contribution in [0.25, 0.3) is 0 Å². The number of anilines is 1. The van der Waals surface area contributed by atoms with E-state index in [0.717, 1.165) is 5.69 Å². The van der Waals surface area contributed by atoms with Gasteiger partial charge in [0.05, 0.1) is 19.9 Å². The van der Waals surface area contributed by atoms with Crippen molar-refractivity contribution in [3.05, 3.63) is 18.2 Å². The number of carbonyl (C=O) groups is 1. The van der Waals surface area contributed by atoms with Crippen molar-refractivity contribution in [2.45, 2.75) is 6.42 Å². The monoisotopic (exact) mass is 245 g/mol. The molecule has 4 heteroatoms. The fourth-order valence-corrected chi connectivity index (χ4v) is 2.06. The van der Waals surface area contributed by atoms with E-state index in [-0.39, 0.29) is 11.8 Å². The van der Waals surface area contributed by atoms with Crippen molar-refractivity contribution in [3.8, 4) is 23.8 Å². The van der Waals surface area contributed by atoms with Crippen molar-refractivity contribution in [1.29, 1.82) is 0 Å². The van der Waals surface area contributed by atoms with Gasteiger partial charge >= 0.3 is 0 Å². The molecule has 0 bridgehead atoms. The molecule has 1 aromatic rings. The van der Waals surface area contributed by atoms with E-state index in [2.05, 4.69) is 5.92 Å². The lowest BCUT2D eigenvalue weighted by atomic mass is 10.1. The quantitative estimate of drug-likeness (QED) is 0.761. The third-order valence-electron chi connectivity index (χ3n) is 3.04. The number of nitrogens with zero attached hydrogens (tertiary/aromatic N) is 1. The molecule has 0 aliphatic carbocycles. The maximum atomic E-state index is 11.9. The topological polar surface area (TPSA) is 38.8 Å². The Morgan fingerprint density at radius 1 is 1.39 bits per heavy atom. The highest BCUT2D eigenvalue weighted by Gasteiger charge is 2.31. The first-order chi connectivity index (χ1) is 8.69. The molecule has 1 heterocycles. The summed E-state index contributed by atoms with van der Waals surface area (Å²) in [5.41, 5.74) is 0.737. The van der Waals surface area contributed by atoms with Crippen LogP contribution in [0, 0.1) is 18.3 Å². The minimum atomic E-state index is -0.0238. The van der Waals surface area contributed by atoms with E-state index >= 15 is 0 Å². The smallest absolute Gasteiger partial charge is 0.228 e. The molecule has 0 aromatic heterocycles. The summed E-state index contributed by atoms with van der Waals surface area (Å²) in [7, 11) is 3.15. The van der Waals surface area contributed by atoms with Crippen LogP contribution in [0.1, 0.15) is 6.42 Å². The van der Waals surface area contributed by atoms with Crippen molar-refractivity contribution in [2.24, 2.45) is 5.92 Å². The highest BCUT2D eigenvalue weighted by atomic mass is 16.5. The van der Waals surface area contributed by atoms with Crippen LogP contribution < -0.4 is 14.4 Å². The third kappa shape index (κ3) is 2.12. The van der Waals surface area contributed by atoms with Crippen molar-refractivity contribution in [3.63, 3.8) is 0 Å². The average molecular weight is 245 g/mol. The van der Waals surface area contributed by atoms with Crippen molar-refractivity contribution in [2.75, 3.05) is 25.7 Å². The van der Waals surface area contributed by atoms with Crippen molar-refractivity contribution >= 4 is 11.6 Å². The molecular formula is C14H15NO3. The first kappa shape index (κ1) is 12.3. The maximum Gasteiger partial charge on any atom is 0.228 e. The highest BCUT2D eigenvalue weighted by Crippen LogP contribution is 2.35. The summed E-state index contributed by atoms with van der Waals surface area (Å²) in [6.45, 7) is 0.540. The molecule has 1 saturated heterocycles. The number of amides is 1. The zero-order valence-electron chi connectivity index (χ0n) is 10.5. The lowest BCUT2D eigenvalue weighted by Gasteiger charge is -2.19. The summed E-state index contributed by atoms with van der Waals surface area (Å²) in [5, 5.41) is 0. The molecule has 0 spiro atoms. The summed E-state index contributed by atoms with van der Waals surface area (Å²) in [6.07, 6.45) is 5.77. The molecule has 4 nitrogen and oxygen atoms in total. The van der Waals surface area contributed by atoms with E-state index in [1.165, 1.54) is 0 Å². The number of hydrogen-bond donors (Lipinski definition) is 0. The number of benzene rings is 1. The number of ether oxygens (including phenoxy) is 2. The SMILES string of the molecule is C#CC1CC(=O)N(c2ccc(OC)cc2OC)C1. The second kappa shape index (κ2) is 5.01. The lowest BCUT2D eigenvalue weighted by Crippen LogP contribution is -2.24. The highest BCUT2D eigenvalue weighted by molar-refractivity contribution is 5.97. The standard InChI is InChI=1S/C14H15NO3/c1-4-10-7-14(16)15(9-10)12-6-5-11(17-2)8-13(12)18-3/h1,5-6,8,10H,7,9H2,2-3H3. The van der Waals surface area contributed by atoms with Gasteiger partial charge in [-0.05, 0) is 12.1 Å². The van der Waals surface area contributed by atoms with Gasteiger partial charge in [0.2, 0.25) is 5.91 Å². The van der Waals surface area contributed by atoms with Crippen LogP contribution in [-0.2, 0) is 4.79 Å². The van der Waals surface area contributed by atoms with E-state index in [9.17, 15) is 4.79 Å². The fourth-order valence-electron chi connectivity index (χ4n) is 2.06. The van der Waals surface area contributed by atoms with Gasteiger partial charge in [0.15, 0.2) is 0 Å². The van der Waals surface area contributed by atoms with Crippen LogP contribution in [0.2, 0.25) is 0 Å². The molecule has 2 rings (SSSR count). The van der Waals surface area contributed by atoms with Gasteiger partial charge in [0.25, 0.3) is 0 Å². The molecule has 1 amide bonds. The Bertz CT molecular complexity index is 504. The van der Waals surface area contributed by atoms with Crippen LogP contribution >= 0.6 is 0 Å². The zero-order chi connectivity index (χ0) is 13.1. The van der Waals surface area contributed by atoms with E-state index in [4.69, 9.17) is 15.9 Å². The van der Waals surface area contributed by atoms with Gasteiger partial charge in [-0.1, -0.05) is 0 Å². The molecule has 1 fully saturated rings. The van der Waals surface area contributed by atoms with E-state index < -0.39 is 0 Å². The molecule has 0 radical (unpaired) electrons. The fraction of sp³-hybridized carbons (Fsp3) is 0.357. The van der Waals surface area contributed by atoms with Gasteiger partial charge < -0.3 is 14.4 Å². The third-order valence-corrected chi connectivity index (χ3v) is 3.04. The van der Waals surface area contributed by atoms with Crippen LogP contribution in [0.4, 0.5) is 5.69 Å². The Morgan fingerprint density at radius 3 is 2.72 bits per heavy atom. The second-order valence-corrected chi connectivity index (χ2v) is 4.11. The number of carbonyl (C=O) groups excluding carboxylic acids is 1. The van der Waals surface area contributed by atoms with E-state index in [1.54, 1.807) is 31.3 Å². The van der Waals surface area contributed by atoms with Crippen LogP contribution in [0.5, 0.6) is 11.5 Å². The predicted molar refractivity (Wildman–Crippen MR) is 68.8 cm³/mol. The first-order valence-electron chi connectivity index (χ1n) is 5.68. The Kier molecular flexibility index (Phi) is 3.42. The molecular weight excluding hydrogens is 230 g/mol. The molecule has 1 aliphatic rings. The average Bonchev–Trinajstić information content (AvgIpc) is 2.79. The molecule has 18 heavy (non-hydrogen) atoms. The van der Waals surface area contributed by atoms with Gasteiger partial charge in [0.1, 0.15) is 11.5 Å². The maximum absolute atomic E-state index is 11.9. The van der Waals surface area contributed by atoms with Crippen molar-refractivity contribution in [1.82, 2.24) is 0 Å². The van der Waals surface area contributed by atoms with E-state index in [0.29, 0.717) is 24.5 Å². The van der Waals surface area contributed by atoms with Crippen LogP contribution in [-0.4, -0.2) is 26.7 Å². The molecule has 1 atom stereocenters. The molecule has 1 aromatic carbocycles. The first-order valence-corrected chi connectivity index (χ1v) is 5.68. The Balaban J connectivity index is 2.34. The molecule has 94 valence electrons. The number of terminal acetylenes is 1. The molecule has 1 aliphatic heterocycles. The van der Waals surface area contributed by atoms with Gasteiger partial charge in [-0.3, -0.25) is 4.79 Å². The zero-order valence-corrected chi connectivity index (χ0v) is 10.5. The minimum absolute atomic E-state index is 0.0238. The van der Waals surface area contributed by atoms with Gasteiger partial charge in [-0.2, -0.15) is 0 Å². The summed E-state index contributed by atoms with van der Waals surface area (Å²) < 4.78 is 10.4. The van der Waals surface area contributed by atoms with Gasteiger partial charge in [0, 0.05) is 24.9 Å². The number of rotatable bonds is 3. The normalized spacial score (nSPS) is 18.6. The van der Waals surface area contributed by atoms with Gasteiger partial charge in [-0.15, -0.1) is 12.3 Å². The van der Waals surface area contributed by atoms with Crippen LogP contribution in [0.3, 0.4) is 0 Å². The number of hydrogen-bond acceptors (Lipinski definition) is 3. The predicted octanol–water partition coefficient (Wildman–Crippen LogP) is 1.69. The molecule has 0 N–H and O–H groups in total. The van der Waals surface area contributed by atoms with E-state index in [1.807, 2.05) is 6.07 Å². The van der Waals surface area contributed by atoms with Gasteiger partial charge in [-0.25, -0.2) is 0 Å². The Hall–Kier alpha value is -2.15. The lowest BCUT2D eigenvalue weighted by molar-refractivity contribution is -0.117. The molecule has 1 unspecified atom stereocenters. The Labute approximate surface area is 106 Å². The Morgan fingerprint density at radius 2 is 2.17 bits per heavy atom. The number of methoxy groups -OCH3 is 2. The summed E-state index contributed by atoms with van der Waals surface area (Å²) >= 11 is 0.